The summed E-state index contributed by atoms with van der Waals surface area (Å²) in [7, 11) is 1.59. The third kappa shape index (κ3) is 4.72. The van der Waals surface area contributed by atoms with Gasteiger partial charge < -0.3 is 14.8 Å². The first-order valence-corrected chi connectivity index (χ1v) is 7.64. The number of methoxy groups -OCH3 is 1. The van der Waals surface area contributed by atoms with Crippen molar-refractivity contribution in [2.75, 3.05) is 25.3 Å². The third-order valence-electron chi connectivity index (χ3n) is 2.78. The number of thioether (sulfide) groups is 1. The van der Waals surface area contributed by atoms with E-state index in [4.69, 9.17) is 9.47 Å². The van der Waals surface area contributed by atoms with Gasteiger partial charge in [0.25, 0.3) is 5.91 Å². The molecular weight excluding hydrogens is 286 g/mol. The molecule has 0 unspecified atom stereocenters. The number of carbonyl (C=O) groups is 1. The monoisotopic (exact) mass is 303 g/mol. The second-order valence-corrected chi connectivity index (χ2v) is 5.12. The first-order valence-electron chi connectivity index (χ1n) is 6.42. The average molecular weight is 303 g/mol. The zero-order chi connectivity index (χ0) is 15.1. The van der Waals surface area contributed by atoms with Crippen molar-refractivity contribution in [2.45, 2.75) is 4.90 Å². The summed E-state index contributed by atoms with van der Waals surface area (Å²) in [6.45, 7) is -0.0442. The first-order chi connectivity index (χ1) is 10.2. The summed E-state index contributed by atoms with van der Waals surface area (Å²) < 4.78 is 10.5. The van der Waals surface area contributed by atoms with Gasteiger partial charge in [-0.05, 0) is 42.7 Å². The van der Waals surface area contributed by atoms with Gasteiger partial charge in [0.2, 0.25) is 0 Å². The van der Waals surface area contributed by atoms with E-state index in [1.807, 2.05) is 42.7 Å². The second kappa shape index (κ2) is 7.59. The lowest BCUT2D eigenvalue weighted by Gasteiger charge is -2.09. The zero-order valence-electron chi connectivity index (χ0n) is 12.0. The second-order valence-electron chi connectivity index (χ2n) is 4.24. The van der Waals surface area contributed by atoms with Crippen molar-refractivity contribution in [1.29, 1.82) is 0 Å². The average Bonchev–Trinajstić information content (AvgIpc) is 2.54. The summed E-state index contributed by atoms with van der Waals surface area (Å²) >= 11 is 1.66. The van der Waals surface area contributed by atoms with Gasteiger partial charge in [0, 0.05) is 16.6 Å². The number of ether oxygens (including phenoxy) is 2. The van der Waals surface area contributed by atoms with E-state index in [0.717, 1.165) is 10.6 Å². The number of amides is 1. The summed E-state index contributed by atoms with van der Waals surface area (Å²) in [4.78, 5) is 13.0. The molecule has 110 valence electrons. The van der Waals surface area contributed by atoms with Crippen LogP contribution in [0.3, 0.4) is 0 Å². The van der Waals surface area contributed by atoms with Crippen LogP contribution in [0.1, 0.15) is 0 Å². The molecule has 0 radical (unpaired) electrons. The van der Waals surface area contributed by atoms with Crippen LogP contribution >= 0.6 is 11.8 Å². The number of rotatable bonds is 6. The van der Waals surface area contributed by atoms with Gasteiger partial charge in [0.1, 0.15) is 11.5 Å². The first kappa shape index (κ1) is 15.3. The number of hydrogen-bond donors (Lipinski definition) is 1. The molecule has 21 heavy (non-hydrogen) atoms. The van der Waals surface area contributed by atoms with Gasteiger partial charge in [0.15, 0.2) is 6.61 Å². The fourth-order valence-electron chi connectivity index (χ4n) is 1.71. The van der Waals surface area contributed by atoms with E-state index >= 15 is 0 Å². The molecule has 0 aliphatic carbocycles. The van der Waals surface area contributed by atoms with Crippen molar-refractivity contribution < 1.29 is 14.3 Å². The van der Waals surface area contributed by atoms with E-state index in [0.29, 0.717) is 11.5 Å². The molecule has 0 bridgehead atoms. The lowest BCUT2D eigenvalue weighted by molar-refractivity contribution is -0.118. The van der Waals surface area contributed by atoms with Crippen LogP contribution in [0, 0.1) is 0 Å². The van der Waals surface area contributed by atoms with Crippen molar-refractivity contribution in [3.63, 3.8) is 0 Å². The van der Waals surface area contributed by atoms with Gasteiger partial charge in [-0.2, -0.15) is 0 Å². The molecule has 0 spiro atoms. The van der Waals surface area contributed by atoms with E-state index in [1.54, 1.807) is 31.0 Å². The normalized spacial score (nSPS) is 10.0. The van der Waals surface area contributed by atoms with Crippen molar-refractivity contribution in [3.05, 3.63) is 48.5 Å². The molecule has 0 aliphatic rings. The van der Waals surface area contributed by atoms with Crippen LogP contribution < -0.4 is 14.8 Å². The minimum Gasteiger partial charge on any atom is -0.497 e. The molecule has 2 rings (SSSR count). The summed E-state index contributed by atoms with van der Waals surface area (Å²) in [5.41, 5.74) is 0.757. The zero-order valence-corrected chi connectivity index (χ0v) is 12.8. The van der Waals surface area contributed by atoms with Crippen LogP contribution in [-0.2, 0) is 4.79 Å². The Morgan fingerprint density at radius 2 is 1.86 bits per heavy atom. The molecule has 4 nitrogen and oxygen atoms in total. The smallest absolute Gasteiger partial charge is 0.262 e. The van der Waals surface area contributed by atoms with Gasteiger partial charge in [-0.25, -0.2) is 0 Å². The molecule has 0 aliphatic heterocycles. The van der Waals surface area contributed by atoms with Crippen LogP contribution in [0.4, 0.5) is 5.69 Å². The summed E-state index contributed by atoms with van der Waals surface area (Å²) in [6.07, 6.45) is 2.01. The quantitative estimate of drug-likeness (QED) is 0.831. The standard InChI is InChI=1S/C16H17NO3S/c1-19-13-4-3-5-14(10-13)20-11-16(18)17-12-6-8-15(21-2)9-7-12/h3-10H,11H2,1-2H3,(H,17,18). The van der Waals surface area contributed by atoms with Crippen LogP contribution in [0.15, 0.2) is 53.4 Å². The summed E-state index contributed by atoms with van der Waals surface area (Å²) in [5.74, 6) is 1.09. The molecule has 0 fully saturated rings. The predicted octanol–water partition coefficient (Wildman–Crippen LogP) is 3.43. The van der Waals surface area contributed by atoms with Crippen molar-refractivity contribution >= 4 is 23.4 Å². The highest BCUT2D eigenvalue weighted by molar-refractivity contribution is 7.98. The summed E-state index contributed by atoms with van der Waals surface area (Å²) in [6, 6.07) is 14.8. The van der Waals surface area contributed by atoms with Gasteiger partial charge in [-0.3, -0.25) is 4.79 Å². The molecule has 0 saturated carbocycles. The topological polar surface area (TPSA) is 47.6 Å². The minimum atomic E-state index is -0.199. The minimum absolute atomic E-state index is 0.0442. The maximum Gasteiger partial charge on any atom is 0.262 e. The maximum absolute atomic E-state index is 11.8. The van der Waals surface area contributed by atoms with E-state index in [-0.39, 0.29) is 12.5 Å². The maximum atomic E-state index is 11.8. The number of anilines is 1. The van der Waals surface area contributed by atoms with Crippen molar-refractivity contribution in [2.24, 2.45) is 0 Å². The molecular formula is C16H17NO3S. The number of hydrogen-bond acceptors (Lipinski definition) is 4. The van der Waals surface area contributed by atoms with Gasteiger partial charge in [-0.1, -0.05) is 6.07 Å². The highest BCUT2D eigenvalue weighted by atomic mass is 32.2. The Balaban J connectivity index is 1.86. The Hall–Kier alpha value is -2.14. The van der Waals surface area contributed by atoms with Gasteiger partial charge >= 0.3 is 0 Å². The molecule has 0 aromatic heterocycles. The third-order valence-corrected chi connectivity index (χ3v) is 3.53. The molecule has 5 heteroatoms. The number of benzene rings is 2. The van der Waals surface area contributed by atoms with Gasteiger partial charge in [-0.15, -0.1) is 11.8 Å². The molecule has 0 atom stereocenters. The molecule has 1 amide bonds. The Kier molecular flexibility index (Phi) is 5.51. The Labute approximate surface area is 128 Å². The summed E-state index contributed by atoms with van der Waals surface area (Å²) in [5, 5.41) is 2.79. The Morgan fingerprint density at radius 3 is 2.52 bits per heavy atom. The Bertz CT molecular complexity index is 599. The fourth-order valence-corrected chi connectivity index (χ4v) is 2.12. The number of nitrogens with one attached hydrogen (secondary N) is 1. The lowest BCUT2D eigenvalue weighted by Crippen LogP contribution is -2.20. The van der Waals surface area contributed by atoms with Crippen molar-refractivity contribution in [1.82, 2.24) is 0 Å². The van der Waals surface area contributed by atoms with E-state index in [1.165, 1.54) is 0 Å². The van der Waals surface area contributed by atoms with E-state index in [9.17, 15) is 4.79 Å². The van der Waals surface area contributed by atoms with Crippen LogP contribution in [0.25, 0.3) is 0 Å². The van der Waals surface area contributed by atoms with Crippen LogP contribution in [-0.4, -0.2) is 25.9 Å². The molecule has 1 N–H and O–H groups in total. The molecule has 0 saturated heterocycles. The van der Waals surface area contributed by atoms with Crippen molar-refractivity contribution in [3.8, 4) is 11.5 Å². The molecule has 0 heterocycles. The van der Waals surface area contributed by atoms with E-state index < -0.39 is 0 Å². The molecule has 2 aromatic carbocycles. The van der Waals surface area contributed by atoms with Gasteiger partial charge in [0.05, 0.1) is 7.11 Å². The van der Waals surface area contributed by atoms with Crippen LogP contribution in [0.2, 0.25) is 0 Å². The number of carbonyl (C=O) groups excluding carboxylic acids is 1. The lowest BCUT2D eigenvalue weighted by atomic mass is 10.3. The Morgan fingerprint density at radius 1 is 1.14 bits per heavy atom. The van der Waals surface area contributed by atoms with E-state index in [2.05, 4.69) is 5.32 Å². The molecule has 2 aromatic rings. The predicted molar refractivity (Wildman–Crippen MR) is 85.3 cm³/mol. The highest BCUT2D eigenvalue weighted by Crippen LogP contribution is 2.19. The largest absolute Gasteiger partial charge is 0.497 e. The fraction of sp³-hybridized carbons (Fsp3) is 0.188. The highest BCUT2D eigenvalue weighted by Gasteiger charge is 2.04. The SMILES string of the molecule is COc1cccc(OCC(=O)Nc2ccc(SC)cc2)c1. The van der Waals surface area contributed by atoms with Crippen LogP contribution in [0.5, 0.6) is 11.5 Å².